The zero-order valence-corrected chi connectivity index (χ0v) is 14.4. The molecule has 2 amide bonds. The fourth-order valence-electron chi connectivity index (χ4n) is 2.24. The van der Waals surface area contributed by atoms with Crippen LogP contribution in [-0.2, 0) is 4.79 Å². The van der Waals surface area contributed by atoms with Gasteiger partial charge in [-0.25, -0.2) is 0 Å². The number of carbonyl (C=O) groups is 2. The summed E-state index contributed by atoms with van der Waals surface area (Å²) in [4.78, 5) is 29.5. The Hall–Kier alpha value is -2.34. The Morgan fingerprint density at radius 1 is 1.21 bits per heavy atom. The van der Waals surface area contributed by atoms with Crippen LogP contribution in [0.1, 0.15) is 36.5 Å². The smallest absolute Gasteiger partial charge is 0.253 e. The normalized spacial score (nSPS) is 11.6. The van der Waals surface area contributed by atoms with Crippen molar-refractivity contribution in [1.82, 2.24) is 10.3 Å². The Bertz CT molecular complexity index is 692. The third-order valence-electron chi connectivity index (χ3n) is 3.55. The molecule has 2 aromatic rings. The molecule has 24 heavy (non-hydrogen) atoms. The van der Waals surface area contributed by atoms with Crippen molar-refractivity contribution in [3.05, 3.63) is 54.4 Å². The average molecular weight is 343 g/mol. The zero-order chi connectivity index (χ0) is 17.4. The van der Waals surface area contributed by atoms with Crippen molar-refractivity contribution in [2.75, 3.05) is 5.32 Å². The van der Waals surface area contributed by atoms with E-state index in [0.29, 0.717) is 22.6 Å². The van der Waals surface area contributed by atoms with Gasteiger partial charge in [0.25, 0.3) is 5.91 Å². The van der Waals surface area contributed by atoms with Crippen LogP contribution < -0.4 is 10.6 Å². The molecule has 1 heterocycles. The van der Waals surface area contributed by atoms with Crippen LogP contribution in [0.2, 0.25) is 0 Å². The number of hydrogen-bond donors (Lipinski definition) is 3. The van der Waals surface area contributed by atoms with Gasteiger partial charge in [0.1, 0.15) is 6.04 Å². The zero-order valence-electron chi connectivity index (χ0n) is 13.5. The van der Waals surface area contributed by atoms with Gasteiger partial charge in [-0.05, 0) is 30.7 Å². The number of nitrogens with one attached hydrogen (secondary N) is 2. The first-order chi connectivity index (χ1) is 11.6. The van der Waals surface area contributed by atoms with E-state index in [1.807, 2.05) is 13.0 Å². The lowest BCUT2D eigenvalue weighted by atomic mass is 10.1. The maximum Gasteiger partial charge on any atom is 0.253 e. The predicted octanol–water partition coefficient (Wildman–Crippen LogP) is 3.30. The Labute approximate surface area is 147 Å². The molecule has 2 rings (SSSR count). The predicted molar refractivity (Wildman–Crippen MR) is 97.3 cm³/mol. The molecule has 6 heteroatoms. The number of benzene rings is 1. The lowest BCUT2D eigenvalue weighted by molar-refractivity contribution is -0.118. The Balaban J connectivity index is 2.08. The lowest BCUT2D eigenvalue weighted by Crippen LogP contribution is -2.43. The highest BCUT2D eigenvalue weighted by Crippen LogP contribution is 2.14. The second-order valence-electron chi connectivity index (χ2n) is 5.42. The third-order valence-corrected chi connectivity index (χ3v) is 3.94. The van der Waals surface area contributed by atoms with Crippen LogP contribution in [0.3, 0.4) is 0 Å². The number of nitrogens with zero attached hydrogens (tertiary/aromatic N) is 1. The van der Waals surface area contributed by atoms with E-state index in [9.17, 15) is 9.59 Å². The largest absolute Gasteiger partial charge is 0.340 e. The molecule has 0 radical (unpaired) electrons. The van der Waals surface area contributed by atoms with E-state index in [1.54, 1.807) is 42.7 Å². The summed E-state index contributed by atoms with van der Waals surface area (Å²) in [7, 11) is 0. The minimum Gasteiger partial charge on any atom is -0.340 e. The number of hydrogen-bond acceptors (Lipinski definition) is 4. The number of unbranched alkanes of at least 4 members (excludes halogenated alkanes) is 1. The van der Waals surface area contributed by atoms with Gasteiger partial charge >= 0.3 is 0 Å². The molecule has 0 saturated heterocycles. The van der Waals surface area contributed by atoms with E-state index in [2.05, 4.69) is 28.2 Å². The summed E-state index contributed by atoms with van der Waals surface area (Å²) < 4.78 is 0. The van der Waals surface area contributed by atoms with E-state index in [1.165, 1.54) is 0 Å². The average Bonchev–Trinajstić information content (AvgIpc) is 2.59. The fourth-order valence-corrected chi connectivity index (χ4v) is 2.51. The summed E-state index contributed by atoms with van der Waals surface area (Å²) in [6.45, 7) is 2.04. The van der Waals surface area contributed by atoms with Gasteiger partial charge < -0.3 is 10.6 Å². The van der Waals surface area contributed by atoms with Crippen molar-refractivity contribution in [1.29, 1.82) is 0 Å². The summed E-state index contributed by atoms with van der Waals surface area (Å²) in [5.41, 5.74) is 1.06. The molecule has 1 aromatic heterocycles. The molecule has 126 valence electrons. The van der Waals surface area contributed by atoms with Crippen LogP contribution in [0.4, 0.5) is 5.69 Å². The number of amides is 2. The SMILES string of the molecule is CCCCC(NC(=O)c1ccccc1S)C(=O)Nc1cccnc1. The van der Waals surface area contributed by atoms with Gasteiger partial charge in [0.15, 0.2) is 0 Å². The fraction of sp³-hybridized carbons (Fsp3) is 0.278. The molecule has 1 atom stereocenters. The molecule has 1 aromatic carbocycles. The number of pyridine rings is 1. The first-order valence-electron chi connectivity index (χ1n) is 7.91. The van der Waals surface area contributed by atoms with Crippen LogP contribution in [0, 0.1) is 0 Å². The highest BCUT2D eigenvalue weighted by atomic mass is 32.1. The van der Waals surface area contributed by atoms with Crippen molar-refractivity contribution in [3.63, 3.8) is 0 Å². The first-order valence-corrected chi connectivity index (χ1v) is 8.36. The van der Waals surface area contributed by atoms with Crippen molar-refractivity contribution in [2.45, 2.75) is 37.1 Å². The van der Waals surface area contributed by atoms with Crippen molar-refractivity contribution >= 4 is 30.1 Å². The highest BCUT2D eigenvalue weighted by molar-refractivity contribution is 7.80. The number of carbonyl (C=O) groups excluding carboxylic acids is 2. The van der Waals surface area contributed by atoms with E-state index in [0.717, 1.165) is 12.8 Å². The number of rotatable bonds is 7. The number of aromatic nitrogens is 1. The second kappa shape index (κ2) is 9.08. The van der Waals surface area contributed by atoms with Crippen LogP contribution in [0.5, 0.6) is 0 Å². The minimum absolute atomic E-state index is 0.249. The standard InChI is InChI=1S/C18H21N3O2S/c1-2-3-9-15(18(23)20-13-7-6-11-19-12-13)21-17(22)14-8-4-5-10-16(14)24/h4-8,10-12,15,24H,2-3,9H2,1H3,(H,20,23)(H,21,22). The monoisotopic (exact) mass is 343 g/mol. The molecule has 5 nitrogen and oxygen atoms in total. The third kappa shape index (κ3) is 5.09. The highest BCUT2D eigenvalue weighted by Gasteiger charge is 2.22. The molecular weight excluding hydrogens is 322 g/mol. The van der Waals surface area contributed by atoms with Gasteiger partial charge in [-0.15, -0.1) is 12.6 Å². The number of thiol groups is 1. The van der Waals surface area contributed by atoms with Crippen LogP contribution >= 0.6 is 12.6 Å². The van der Waals surface area contributed by atoms with Gasteiger partial charge in [-0.2, -0.15) is 0 Å². The summed E-state index contributed by atoms with van der Waals surface area (Å²) in [6.07, 6.45) is 5.56. The lowest BCUT2D eigenvalue weighted by Gasteiger charge is -2.18. The quantitative estimate of drug-likeness (QED) is 0.676. The molecular formula is C18H21N3O2S. The van der Waals surface area contributed by atoms with E-state index >= 15 is 0 Å². The summed E-state index contributed by atoms with van der Waals surface area (Å²) >= 11 is 4.29. The molecule has 0 aliphatic rings. The molecule has 0 aliphatic heterocycles. The first kappa shape index (κ1) is 18.0. The van der Waals surface area contributed by atoms with E-state index in [-0.39, 0.29) is 11.8 Å². The van der Waals surface area contributed by atoms with Crippen molar-refractivity contribution < 1.29 is 9.59 Å². The Morgan fingerprint density at radius 3 is 2.67 bits per heavy atom. The number of anilines is 1. The molecule has 0 saturated carbocycles. The van der Waals surface area contributed by atoms with E-state index in [4.69, 9.17) is 0 Å². The second-order valence-corrected chi connectivity index (χ2v) is 5.90. The van der Waals surface area contributed by atoms with Crippen LogP contribution in [-0.4, -0.2) is 22.8 Å². The van der Waals surface area contributed by atoms with Gasteiger partial charge in [0.2, 0.25) is 5.91 Å². The maximum atomic E-state index is 12.5. The minimum atomic E-state index is -0.606. The molecule has 0 spiro atoms. The van der Waals surface area contributed by atoms with E-state index < -0.39 is 6.04 Å². The van der Waals surface area contributed by atoms with Crippen LogP contribution in [0.15, 0.2) is 53.7 Å². The van der Waals surface area contributed by atoms with Crippen molar-refractivity contribution in [2.24, 2.45) is 0 Å². The molecule has 0 fully saturated rings. The van der Waals surface area contributed by atoms with Gasteiger partial charge in [-0.1, -0.05) is 31.9 Å². The maximum absolute atomic E-state index is 12.5. The summed E-state index contributed by atoms with van der Waals surface area (Å²) in [5.74, 6) is -0.551. The molecule has 0 aliphatic carbocycles. The van der Waals surface area contributed by atoms with Gasteiger partial charge in [0.05, 0.1) is 17.4 Å². The van der Waals surface area contributed by atoms with Crippen molar-refractivity contribution in [3.8, 4) is 0 Å². The van der Waals surface area contributed by atoms with Gasteiger partial charge in [0, 0.05) is 11.1 Å². The van der Waals surface area contributed by atoms with Crippen LogP contribution in [0.25, 0.3) is 0 Å². The molecule has 2 N–H and O–H groups in total. The van der Waals surface area contributed by atoms with Gasteiger partial charge in [-0.3, -0.25) is 14.6 Å². The summed E-state index contributed by atoms with van der Waals surface area (Å²) in [5, 5.41) is 5.60. The summed E-state index contributed by atoms with van der Waals surface area (Å²) in [6, 6.07) is 9.90. The topological polar surface area (TPSA) is 71.1 Å². The Kier molecular flexibility index (Phi) is 6.81. The Morgan fingerprint density at radius 2 is 2.00 bits per heavy atom. The molecule has 0 bridgehead atoms. The molecule has 1 unspecified atom stereocenters.